The van der Waals surface area contributed by atoms with E-state index in [1.165, 1.54) is 11.3 Å². The molecule has 1 aliphatic heterocycles. The van der Waals surface area contributed by atoms with Gasteiger partial charge in [-0.05, 0) is 56.7 Å². The lowest BCUT2D eigenvalue weighted by molar-refractivity contribution is 0.0644. The van der Waals surface area contributed by atoms with Gasteiger partial charge in [-0.1, -0.05) is 6.92 Å². The maximum Gasteiger partial charge on any atom is 0.271 e. The van der Waals surface area contributed by atoms with Crippen LogP contribution in [0.3, 0.4) is 0 Å². The predicted octanol–water partition coefficient (Wildman–Crippen LogP) is 3.73. The van der Waals surface area contributed by atoms with Gasteiger partial charge in [0.25, 0.3) is 10.0 Å². The van der Waals surface area contributed by atoms with Crippen molar-refractivity contribution in [2.45, 2.75) is 36.9 Å². The van der Waals surface area contributed by atoms with Crippen molar-refractivity contribution in [2.75, 3.05) is 29.4 Å². The van der Waals surface area contributed by atoms with Gasteiger partial charge >= 0.3 is 0 Å². The Hall–Kier alpha value is -1.57. The van der Waals surface area contributed by atoms with Gasteiger partial charge < -0.3 is 9.64 Å². The summed E-state index contributed by atoms with van der Waals surface area (Å²) in [5.74, 6) is 0. The third-order valence-electron chi connectivity index (χ3n) is 4.33. The molecule has 0 unspecified atom stereocenters. The minimum absolute atomic E-state index is 0.0766. The van der Waals surface area contributed by atoms with Crippen LogP contribution in [0.1, 0.15) is 25.6 Å². The van der Waals surface area contributed by atoms with Gasteiger partial charge in [-0.15, -0.1) is 11.3 Å². The van der Waals surface area contributed by atoms with Crippen LogP contribution in [-0.4, -0.2) is 33.7 Å². The largest absolute Gasteiger partial charge is 0.377 e. The van der Waals surface area contributed by atoms with Gasteiger partial charge in [0.2, 0.25) is 0 Å². The smallest absolute Gasteiger partial charge is 0.271 e. The van der Waals surface area contributed by atoms with Crippen LogP contribution < -0.4 is 9.62 Å². The van der Waals surface area contributed by atoms with E-state index in [0.717, 1.165) is 23.5 Å². The second-order valence-corrected chi connectivity index (χ2v) is 9.82. The highest BCUT2D eigenvalue weighted by atomic mass is 32.2. The highest BCUT2D eigenvalue weighted by Crippen LogP contribution is 2.29. The fourth-order valence-electron chi connectivity index (χ4n) is 2.94. The molecule has 1 aliphatic rings. The molecule has 1 aromatic heterocycles. The number of anilines is 2. The van der Waals surface area contributed by atoms with Gasteiger partial charge in [0.1, 0.15) is 4.21 Å². The van der Waals surface area contributed by atoms with Crippen molar-refractivity contribution in [3.8, 4) is 0 Å². The minimum Gasteiger partial charge on any atom is -0.377 e. The summed E-state index contributed by atoms with van der Waals surface area (Å²) in [6.07, 6.45) is 0.838. The molecule has 25 heavy (non-hydrogen) atoms. The molecule has 2 aromatic rings. The lowest BCUT2D eigenvalue weighted by atomic mass is 10.0. The molecule has 5 nitrogen and oxygen atoms in total. The number of ether oxygens (including phenoxy) is 1. The number of hydrogen-bond acceptors (Lipinski definition) is 5. The first-order valence-corrected chi connectivity index (χ1v) is 10.7. The van der Waals surface area contributed by atoms with Gasteiger partial charge in [0.05, 0.1) is 18.8 Å². The summed E-state index contributed by atoms with van der Waals surface area (Å²) in [5, 5.41) is 0. The molecule has 1 fully saturated rings. The summed E-state index contributed by atoms with van der Waals surface area (Å²) in [6.45, 7) is 8.51. The van der Waals surface area contributed by atoms with Crippen LogP contribution in [0.2, 0.25) is 0 Å². The molecule has 0 spiro atoms. The fraction of sp³-hybridized carbons (Fsp3) is 0.444. The van der Waals surface area contributed by atoms with E-state index in [1.54, 1.807) is 6.07 Å². The zero-order valence-corrected chi connectivity index (χ0v) is 16.4. The van der Waals surface area contributed by atoms with Crippen LogP contribution in [0.4, 0.5) is 11.4 Å². The summed E-state index contributed by atoms with van der Waals surface area (Å²) in [4.78, 5) is 3.35. The predicted molar refractivity (Wildman–Crippen MR) is 103 cm³/mol. The number of rotatable bonds is 5. The maximum absolute atomic E-state index is 12.5. The highest BCUT2D eigenvalue weighted by molar-refractivity contribution is 7.94. The molecular formula is C18H24N2O3S2. The Balaban J connectivity index is 1.76. The maximum atomic E-state index is 12.5. The summed E-state index contributed by atoms with van der Waals surface area (Å²) >= 11 is 1.31. The van der Waals surface area contributed by atoms with Crippen LogP contribution in [0.25, 0.3) is 0 Å². The Kier molecular flexibility index (Phi) is 5.09. The number of nitrogens with one attached hydrogen (secondary N) is 1. The van der Waals surface area contributed by atoms with Crippen molar-refractivity contribution in [1.29, 1.82) is 0 Å². The van der Waals surface area contributed by atoms with Crippen LogP contribution in [0.15, 0.2) is 40.6 Å². The first-order valence-electron chi connectivity index (χ1n) is 8.39. The molecule has 0 aliphatic carbocycles. The molecule has 0 saturated carbocycles. The first kappa shape index (κ1) is 18.2. The molecule has 1 saturated heterocycles. The van der Waals surface area contributed by atoms with Crippen molar-refractivity contribution in [1.82, 2.24) is 0 Å². The van der Waals surface area contributed by atoms with Crippen molar-refractivity contribution in [3.05, 3.63) is 41.3 Å². The number of hydrogen-bond donors (Lipinski definition) is 1. The second-order valence-electron chi connectivity index (χ2n) is 6.74. The van der Waals surface area contributed by atoms with E-state index in [4.69, 9.17) is 4.74 Å². The van der Waals surface area contributed by atoms with Gasteiger partial charge in [0, 0.05) is 22.8 Å². The van der Waals surface area contributed by atoms with Gasteiger partial charge in [0.15, 0.2) is 0 Å². The van der Waals surface area contributed by atoms with Crippen LogP contribution in [-0.2, 0) is 21.2 Å². The van der Waals surface area contributed by atoms with Crippen LogP contribution in [0, 0.1) is 0 Å². The molecule has 7 heteroatoms. The van der Waals surface area contributed by atoms with Crippen molar-refractivity contribution < 1.29 is 13.2 Å². The summed E-state index contributed by atoms with van der Waals surface area (Å²) in [6, 6.07) is 11.1. The van der Waals surface area contributed by atoms with Crippen molar-refractivity contribution >= 4 is 32.7 Å². The highest BCUT2D eigenvalue weighted by Gasteiger charge is 2.30. The van der Waals surface area contributed by atoms with E-state index in [0.29, 0.717) is 23.1 Å². The Morgan fingerprint density at radius 2 is 1.92 bits per heavy atom. The molecule has 1 aromatic carbocycles. The molecule has 0 radical (unpaired) electrons. The van der Waals surface area contributed by atoms with E-state index in [1.807, 2.05) is 37.3 Å². The third-order valence-corrected chi connectivity index (χ3v) is 7.43. The quantitative estimate of drug-likeness (QED) is 0.859. The number of morpholine rings is 1. The third kappa shape index (κ3) is 3.99. The Morgan fingerprint density at radius 3 is 2.52 bits per heavy atom. The lowest BCUT2D eigenvalue weighted by Crippen LogP contribution is -2.53. The summed E-state index contributed by atoms with van der Waals surface area (Å²) in [7, 11) is -3.53. The molecule has 0 bridgehead atoms. The molecule has 0 amide bonds. The van der Waals surface area contributed by atoms with Crippen molar-refractivity contribution in [3.63, 3.8) is 0 Å². The van der Waals surface area contributed by atoms with Gasteiger partial charge in [-0.3, -0.25) is 4.72 Å². The Morgan fingerprint density at radius 1 is 1.20 bits per heavy atom. The number of benzene rings is 1. The summed E-state index contributed by atoms with van der Waals surface area (Å²) < 4.78 is 33.6. The normalized spacial score (nSPS) is 17.5. The lowest BCUT2D eigenvalue weighted by Gasteiger charge is -2.43. The first-order chi connectivity index (χ1) is 11.8. The second kappa shape index (κ2) is 6.97. The number of thiophene rings is 1. The SMILES string of the molecule is CCc1ccc(S(=O)(=O)Nc2ccc(N3CCOCC3(C)C)cc2)s1. The van der Waals surface area contributed by atoms with Gasteiger partial charge in [-0.25, -0.2) is 8.42 Å². The van der Waals surface area contributed by atoms with Crippen LogP contribution >= 0.6 is 11.3 Å². The average molecular weight is 381 g/mol. The van der Waals surface area contributed by atoms with E-state index in [-0.39, 0.29) is 5.54 Å². The van der Waals surface area contributed by atoms with E-state index >= 15 is 0 Å². The van der Waals surface area contributed by atoms with E-state index in [2.05, 4.69) is 23.5 Å². The Bertz CT molecular complexity index is 826. The zero-order chi connectivity index (χ0) is 18.1. The molecule has 1 N–H and O–H groups in total. The van der Waals surface area contributed by atoms with Crippen molar-refractivity contribution in [2.24, 2.45) is 0 Å². The van der Waals surface area contributed by atoms with Crippen LogP contribution in [0.5, 0.6) is 0 Å². The monoisotopic (exact) mass is 380 g/mol. The van der Waals surface area contributed by atoms with E-state index in [9.17, 15) is 8.42 Å². The number of aryl methyl sites for hydroxylation is 1. The standard InChI is InChI=1S/C18H24N2O3S2/c1-4-16-9-10-17(24-16)25(21,22)19-14-5-7-15(8-6-14)20-11-12-23-13-18(20,2)3/h5-10,19H,4,11-13H2,1-3H3. The topological polar surface area (TPSA) is 58.6 Å². The minimum atomic E-state index is -3.53. The molecule has 3 rings (SSSR count). The summed E-state index contributed by atoms with van der Waals surface area (Å²) in [5.41, 5.74) is 1.56. The molecular weight excluding hydrogens is 356 g/mol. The van der Waals surface area contributed by atoms with E-state index < -0.39 is 10.0 Å². The number of sulfonamides is 1. The molecule has 0 atom stereocenters. The molecule has 2 heterocycles. The van der Waals surface area contributed by atoms with Gasteiger partial charge in [-0.2, -0.15) is 0 Å². The average Bonchev–Trinajstić information content (AvgIpc) is 3.05. The number of nitrogens with zero attached hydrogens (tertiary/aromatic N) is 1. The Labute approximate surface area is 153 Å². The molecule has 136 valence electrons. The zero-order valence-electron chi connectivity index (χ0n) is 14.8. The fourth-order valence-corrected chi connectivity index (χ4v) is 5.30.